The summed E-state index contributed by atoms with van der Waals surface area (Å²) in [6, 6.07) is 15.4. The molecule has 0 unspecified atom stereocenters. The first kappa shape index (κ1) is 18.7. The van der Waals surface area contributed by atoms with Gasteiger partial charge in [-0.15, -0.1) is 0 Å². The van der Waals surface area contributed by atoms with Crippen molar-refractivity contribution in [2.45, 2.75) is 33.1 Å². The molecule has 132 valence electrons. The number of carbonyl (C=O) groups is 2. The molecule has 0 heterocycles. The molecule has 4 nitrogen and oxygen atoms in total. The molecular formula is C21H26N2O2. The number of likely N-dealkylation sites (N-methyl/N-ethyl adjacent to an activating group) is 1. The molecule has 0 aromatic heterocycles. The second kappa shape index (κ2) is 7.51. The topological polar surface area (TPSA) is 49.4 Å². The van der Waals surface area contributed by atoms with Gasteiger partial charge in [-0.1, -0.05) is 42.5 Å². The minimum Gasteiger partial charge on any atom is -0.336 e. The van der Waals surface area contributed by atoms with Gasteiger partial charge in [0.1, 0.15) is 0 Å². The third kappa shape index (κ3) is 4.27. The van der Waals surface area contributed by atoms with Crippen molar-refractivity contribution in [3.8, 4) is 0 Å². The van der Waals surface area contributed by atoms with E-state index in [1.54, 1.807) is 7.05 Å². The predicted octanol–water partition coefficient (Wildman–Crippen LogP) is 3.68. The fourth-order valence-electron chi connectivity index (χ4n) is 2.82. The maximum atomic E-state index is 12.8. The number of anilines is 1. The molecule has 0 spiro atoms. The Bertz CT molecular complexity index is 767. The molecule has 0 bridgehead atoms. The van der Waals surface area contributed by atoms with Crippen LogP contribution in [0.2, 0.25) is 0 Å². The van der Waals surface area contributed by atoms with Gasteiger partial charge in [0.25, 0.3) is 0 Å². The molecule has 2 aromatic carbocycles. The number of amides is 2. The van der Waals surface area contributed by atoms with Crippen LogP contribution in [0, 0.1) is 13.8 Å². The fourth-order valence-corrected chi connectivity index (χ4v) is 2.82. The number of nitrogens with one attached hydrogen (secondary N) is 1. The van der Waals surface area contributed by atoms with Crippen molar-refractivity contribution in [2.75, 3.05) is 18.9 Å². The molecule has 0 atom stereocenters. The molecule has 0 saturated heterocycles. The van der Waals surface area contributed by atoms with Crippen molar-refractivity contribution >= 4 is 17.5 Å². The van der Waals surface area contributed by atoms with Gasteiger partial charge in [0.2, 0.25) is 11.8 Å². The van der Waals surface area contributed by atoms with Crippen molar-refractivity contribution in [2.24, 2.45) is 0 Å². The standard InChI is InChI=1S/C21H26N2O2/c1-15-10-9-13-18(16(15)2)22-19(24)14-23(5)20(25)21(3,4)17-11-7-6-8-12-17/h6-13H,14H2,1-5H3,(H,22,24). The summed E-state index contributed by atoms with van der Waals surface area (Å²) in [5.41, 5.74) is 3.19. The predicted molar refractivity (Wildman–Crippen MR) is 102 cm³/mol. The van der Waals surface area contributed by atoms with Gasteiger partial charge >= 0.3 is 0 Å². The molecule has 0 aliphatic carbocycles. The van der Waals surface area contributed by atoms with Crippen LogP contribution in [0.1, 0.15) is 30.5 Å². The highest BCUT2D eigenvalue weighted by molar-refractivity contribution is 5.96. The van der Waals surface area contributed by atoms with Crippen LogP contribution in [-0.4, -0.2) is 30.3 Å². The number of carbonyl (C=O) groups excluding carboxylic acids is 2. The van der Waals surface area contributed by atoms with Crippen LogP contribution >= 0.6 is 0 Å². The van der Waals surface area contributed by atoms with Crippen molar-refractivity contribution in [1.29, 1.82) is 0 Å². The number of hydrogen-bond donors (Lipinski definition) is 1. The monoisotopic (exact) mass is 338 g/mol. The molecule has 0 fully saturated rings. The quantitative estimate of drug-likeness (QED) is 0.904. The molecule has 0 saturated carbocycles. The highest BCUT2D eigenvalue weighted by Gasteiger charge is 2.32. The Morgan fingerprint density at radius 3 is 2.28 bits per heavy atom. The smallest absolute Gasteiger partial charge is 0.243 e. The van der Waals surface area contributed by atoms with Gasteiger partial charge in [0.15, 0.2) is 0 Å². The second-order valence-corrected chi connectivity index (χ2v) is 6.95. The van der Waals surface area contributed by atoms with E-state index >= 15 is 0 Å². The Morgan fingerprint density at radius 1 is 1.00 bits per heavy atom. The van der Waals surface area contributed by atoms with E-state index in [2.05, 4.69) is 5.32 Å². The van der Waals surface area contributed by atoms with E-state index in [9.17, 15) is 9.59 Å². The van der Waals surface area contributed by atoms with Crippen LogP contribution in [0.25, 0.3) is 0 Å². The van der Waals surface area contributed by atoms with E-state index in [4.69, 9.17) is 0 Å². The van der Waals surface area contributed by atoms with Crippen molar-refractivity contribution in [3.63, 3.8) is 0 Å². The van der Waals surface area contributed by atoms with Gasteiger partial charge in [-0.05, 0) is 50.5 Å². The number of rotatable bonds is 5. The van der Waals surface area contributed by atoms with Crippen LogP contribution in [0.5, 0.6) is 0 Å². The highest BCUT2D eigenvalue weighted by Crippen LogP contribution is 2.25. The van der Waals surface area contributed by atoms with Crippen LogP contribution < -0.4 is 5.32 Å². The maximum absolute atomic E-state index is 12.8. The zero-order valence-corrected chi connectivity index (χ0v) is 15.6. The lowest BCUT2D eigenvalue weighted by molar-refractivity contribution is -0.137. The van der Waals surface area contributed by atoms with Crippen LogP contribution in [0.3, 0.4) is 0 Å². The highest BCUT2D eigenvalue weighted by atomic mass is 16.2. The van der Waals surface area contributed by atoms with Crippen molar-refractivity contribution in [1.82, 2.24) is 4.90 Å². The zero-order valence-electron chi connectivity index (χ0n) is 15.6. The lowest BCUT2D eigenvalue weighted by Gasteiger charge is -2.29. The van der Waals surface area contributed by atoms with Gasteiger partial charge in [-0.3, -0.25) is 9.59 Å². The summed E-state index contributed by atoms with van der Waals surface area (Å²) in [7, 11) is 1.66. The molecule has 0 radical (unpaired) electrons. The Labute approximate surface area is 149 Å². The first-order chi connectivity index (χ1) is 11.7. The maximum Gasteiger partial charge on any atom is 0.243 e. The summed E-state index contributed by atoms with van der Waals surface area (Å²) < 4.78 is 0. The summed E-state index contributed by atoms with van der Waals surface area (Å²) >= 11 is 0. The number of nitrogens with zero attached hydrogens (tertiary/aromatic N) is 1. The largest absolute Gasteiger partial charge is 0.336 e. The normalized spacial score (nSPS) is 11.1. The molecule has 2 aromatic rings. The summed E-state index contributed by atoms with van der Waals surface area (Å²) in [4.78, 5) is 26.6. The Balaban J connectivity index is 2.05. The SMILES string of the molecule is Cc1cccc(NC(=O)CN(C)C(=O)C(C)(C)c2ccccc2)c1C. The Hall–Kier alpha value is -2.62. The Kier molecular flexibility index (Phi) is 5.62. The van der Waals surface area contributed by atoms with Gasteiger partial charge < -0.3 is 10.2 Å². The molecular weight excluding hydrogens is 312 g/mol. The average Bonchev–Trinajstić information content (AvgIpc) is 2.59. The van der Waals surface area contributed by atoms with E-state index in [1.165, 1.54) is 4.90 Å². The zero-order chi connectivity index (χ0) is 18.6. The van der Waals surface area contributed by atoms with Crippen LogP contribution in [0.15, 0.2) is 48.5 Å². The molecule has 0 aliphatic heterocycles. The van der Waals surface area contributed by atoms with E-state index in [1.807, 2.05) is 76.2 Å². The third-order valence-electron chi connectivity index (χ3n) is 4.64. The van der Waals surface area contributed by atoms with Crippen molar-refractivity contribution < 1.29 is 9.59 Å². The number of hydrogen-bond acceptors (Lipinski definition) is 2. The summed E-state index contributed by atoms with van der Waals surface area (Å²) in [5, 5.41) is 2.90. The lowest BCUT2D eigenvalue weighted by atomic mass is 9.83. The van der Waals surface area contributed by atoms with Gasteiger partial charge in [-0.2, -0.15) is 0 Å². The molecule has 2 amide bonds. The minimum absolute atomic E-state index is 0.0163. The average molecular weight is 338 g/mol. The van der Waals surface area contributed by atoms with E-state index < -0.39 is 5.41 Å². The molecule has 4 heteroatoms. The Morgan fingerprint density at radius 2 is 1.64 bits per heavy atom. The van der Waals surface area contributed by atoms with Gasteiger partial charge in [0.05, 0.1) is 12.0 Å². The van der Waals surface area contributed by atoms with Crippen LogP contribution in [0.4, 0.5) is 5.69 Å². The van der Waals surface area contributed by atoms with Crippen LogP contribution in [-0.2, 0) is 15.0 Å². The van der Waals surface area contributed by atoms with E-state index in [-0.39, 0.29) is 18.4 Å². The first-order valence-electron chi connectivity index (χ1n) is 8.40. The van der Waals surface area contributed by atoms with E-state index in [0.29, 0.717) is 0 Å². The molecule has 1 N–H and O–H groups in total. The third-order valence-corrected chi connectivity index (χ3v) is 4.64. The second-order valence-electron chi connectivity index (χ2n) is 6.95. The summed E-state index contributed by atoms with van der Waals surface area (Å²) in [6.07, 6.45) is 0. The fraction of sp³-hybridized carbons (Fsp3) is 0.333. The first-order valence-corrected chi connectivity index (χ1v) is 8.40. The summed E-state index contributed by atoms with van der Waals surface area (Å²) in [5.74, 6) is -0.289. The number of benzene rings is 2. The van der Waals surface area contributed by atoms with Crippen molar-refractivity contribution in [3.05, 3.63) is 65.2 Å². The lowest BCUT2D eigenvalue weighted by Crippen LogP contribution is -2.44. The van der Waals surface area contributed by atoms with Gasteiger partial charge in [-0.25, -0.2) is 0 Å². The summed E-state index contributed by atoms with van der Waals surface area (Å²) in [6.45, 7) is 7.75. The molecule has 2 rings (SSSR count). The molecule has 25 heavy (non-hydrogen) atoms. The number of aryl methyl sites for hydroxylation is 1. The van der Waals surface area contributed by atoms with E-state index in [0.717, 1.165) is 22.4 Å². The molecule has 0 aliphatic rings. The minimum atomic E-state index is -0.685. The van der Waals surface area contributed by atoms with Gasteiger partial charge in [0, 0.05) is 12.7 Å².